The van der Waals surface area contributed by atoms with Gasteiger partial charge in [-0.2, -0.15) is 0 Å². The van der Waals surface area contributed by atoms with Gasteiger partial charge in [0.2, 0.25) is 0 Å². The van der Waals surface area contributed by atoms with Gasteiger partial charge in [-0.3, -0.25) is 4.79 Å². The largest absolute Gasteiger partial charge is 0.422 e. The summed E-state index contributed by atoms with van der Waals surface area (Å²) in [7, 11) is 0. The molecule has 4 nitrogen and oxygen atoms in total. The van der Waals surface area contributed by atoms with Crippen LogP contribution in [0.4, 0.5) is 0 Å². The summed E-state index contributed by atoms with van der Waals surface area (Å²) in [4.78, 5) is 11.5. The lowest BCUT2D eigenvalue weighted by atomic mass is 10.1. The summed E-state index contributed by atoms with van der Waals surface area (Å²) in [6.45, 7) is 2.04. The molecular weight excluding hydrogens is 334 g/mol. The van der Waals surface area contributed by atoms with Crippen LogP contribution in [0.2, 0.25) is 0 Å². The maximum absolute atomic E-state index is 11.5. The van der Waals surface area contributed by atoms with Crippen LogP contribution in [0.25, 0.3) is 0 Å². The van der Waals surface area contributed by atoms with Gasteiger partial charge in [-0.1, -0.05) is 70.4 Å². The molecule has 0 aliphatic carbocycles. The molecule has 0 heterocycles. The van der Waals surface area contributed by atoms with E-state index in [1.165, 1.54) is 57.8 Å². The first-order valence-corrected chi connectivity index (χ1v) is 10.5. The molecule has 0 aromatic carbocycles. The number of rotatable bonds is 17. The van der Waals surface area contributed by atoms with Gasteiger partial charge in [-0.25, -0.2) is 0 Å². The highest BCUT2D eigenvalue weighted by Crippen LogP contribution is 2.14. The molecule has 0 bridgehead atoms. The molecule has 0 aromatic rings. The average molecular weight is 374 g/mol. The predicted octanol–water partition coefficient (Wildman–Crippen LogP) is 5.10. The molecule has 0 saturated heterocycles. The quantitative estimate of drug-likeness (QED) is 0.109. The number of thiol groups is 1. The number of aliphatic hydroxyl groups is 1. The maximum Gasteiger partial charge on any atom is 0.308 e. The number of ether oxygens (including phenoxy) is 1. The fourth-order valence-corrected chi connectivity index (χ4v) is 2.72. The number of nitrogens with two attached hydrogens (primary N) is 1. The van der Waals surface area contributed by atoms with Gasteiger partial charge in [-0.05, 0) is 32.1 Å². The SMILES string of the molecule is CCCCCCCC/C=C\CCCCCCCC(=O)OC(O)(S)CN. The van der Waals surface area contributed by atoms with Crippen LogP contribution in [0.3, 0.4) is 0 Å². The number of unbranched alkanes of at least 4 members (excludes halogenated alkanes) is 11. The first-order valence-electron chi connectivity index (χ1n) is 10.0. The number of hydrogen-bond acceptors (Lipinski definition) is 5. The van der Waals surface area contributed by atoms with Crippen LogP contribution < -0.4 is 5.73 Å². The van der Waals surface area contributed by atoms with Gasteiger partial charge in [0.05, 0.1) is 6.54 Å². The number of allylic oxidation sites excluding steroid dienone is 2. The van der Waals surface area contributed by atoms with Crippen LogP contribution in [0, 0.1) is 0 Å². The molecule has 0 saturated carbocycles. The lowest BCUT2D eigenvalue weighted by Crippen LogP contribution is -2.36. The number of carbonyl (C=O) groups excluding carboxylic acids is 1. The summed E-state index contributed by atoms with van der Waals surface area (Å²) < 4.78 is 4.75. The van der Waals surface area contributed by atoms with Gasteiger partial charge in [-0.15, -0.1) is 12.6 Å². The fraction of sp³-hybridized carbons (Fsp3) is 0.850. The van der Waals surface area contributed by atoms with E-state index in [-0.39, 0.29) is 6.54 Å². The van der Waals surface area contributed by atoms with Crippen molar-refractivity contribution in [3.8, 4) is 0 Å². The molecule has 25 heavy (non-hydrogen) atoms. The van der Waals surface area contributed by atoms with Crippen LogP contribution in [0.5, 0.6) is 0 Å². The number of carbonyl (C=O) groups is 1. The molecule has 148 valence electrons. The lowest BCUT2D eigenvalue weighted by molar-refractivity contribution is -0.174. The van der Waals surface area contributed by atoms with Gasteiger partial charge < -0.3 is 15.6 Å². The summed E-state index contributed by atoms with van der Waals surface area (Å²) in [5, 5.41) is 7.57. The van der Waals surface area contributed by atoms with Crippen molar-refractivity contribution in [1.82, 2.24) is 0 Å². The van der Waals surface area contributed by atoms with E-state index in [9.17, 15) is 9.90 Å². The Labute approximate surface area is 160 Å². The lowest BCUT2D eigenvalue weighted by Gasteiger charge is -2.19. The molecule has 5 heteroatoms. The minimum atomic E-state index is -1.83. The van der Waals surface area contributed by atoms with Gasteiger partial charge in [0.15, 0.2) is 0 Å². The fourth-order valence-electron chi connectivity index (χ4n) is 2.62. The van der Waals surface area contributed by atoms with Gasteiger partial charge >= 0.3 is 5.97 Å². The summed E-state index contributed by atoms with van der Waals surface area (Å²) >= 11 is 3.76. The van der Waals surface area contributed by atoms with Crippen molar-refractivity contribution >= 4 is 18.6 Å². The molecular formula is C20H39NO3S. The zero-order valence-corrected chi connectivity index (χ0v) is 16.9. The second-order valence-electron chi connectivity index (χ2n) is 6.76. The van der Waals surface area contributed by atoms with E-state index in [1.54, 1.807) is 0 Å². The minimum absolute atomic E-state index is 0.214. The van der Waals surface area contributed by atoms with Crippen molar-refractivity contribution in [3.63, 3.8) is 0 Å². The van der Waals surface area contributed by atoms with E-state index in [1.807, 2.05) is 0 Å². The predicted molar refractivity (Wildman–Crippen MR) is 109 cm³/mol. The Bertz CT molecular complexity index is 346. The van der Waals surface area contributed by atoms with Crippen molar-refractivity contribution in [2.24, 2.45) is 5.73 Å². The highest BCUT2D eigenvalue weighted by molar-refractivity contribution is 7.81. The van der Waals surface area contributed by atoms with Crippen LogP contribution in [0.15, 0.2) is 12.2 Å². The van der Waals surface area contributed by atoms with Crippen LogP contribution in [-0.4, -0.2) is 22.7 Å². The molecule has 1 unspecified atom stereocenters. The molecule has 0 fully saturated rings. The number of esters is 1. The van der Waals surface area contributed by atoms with E-state index in [0.717, 1.165) is 25.7 Å². The third-order valence-corrected chi connectivity index (χ3v) is 4.46. The van der Waals surface area contributed by atoms with Gasteiger partial charge in [0.25, 0.3) is 5.12 Å². The highest BCUT2D eigenvalue weighted by Gasteiger charge is 2.24. The standard InChI is InChI=1S/C20H39NO3S/c1-2-3-4-5-6-7-8-9-10-11-12-13-14-15-16-17-19(22)24-20(23,25)18-21/h9-10,23,25H,2-8,11-18,21H2,1H3/b10-9-. The molecule has 0 amide bonds. The first-order chi connectivity index (χ1) is 12.0. The van der Waals surface area contributed by atoms with Gasteiger partial charge in [0.1, 0.15) is 0 Å². The Kier molecular flexibility index (Phi) is 16.6. The summed E-state index contributed by atoms with van der Waals surface area (Å²) in [5.74, 6) is -0.444. The van der Waals surface area contributed by atoms with Crippen LogP contribution >= 0.6 is 12.6 Å². The third-order valence-electron chi connectivity index (χ3n) is 4.19. The Morgan fingerprint density at radius 1 is 0.960 bits per heavy atom. The third kappa shape index (κ3) is 18.1. The molecule has 1 atom stereocenters. The molecule has 0 rings (SSSR count). The maximum atomic E-state index is 11.5. The Morgan fingerprint density at radius 2 is 1.44 bits per heavy atom. The topological polar surface area (TPSA) is 72.5 Å². The summed E-state index contributed by atoms with van der Waals surface area (Å²) in [6, 6.07) is 0. The van der Waals surface area contributed by atoms with E-state index in [2.05, 4.69) is 31.7 Å². The van der Waals surface area contributed by atoms with E-state index in [4.69, 9.17) is 10.5 Å². The molecule has 0 aliphatic heterocycles. The zero-order chi connectivity index (χ0) is 18.8. The Morgan fingerprint density at radius 3 is 1.96 bits per heavy atom. The summed E-state index contributed by atoms with van der Waals surface area (Å²) in [6.07, 6.45) is 20.8. The highest BCUT2D eigenvalue weighted by atomic mass is 32.1. The smallest absolute Gasteiger partial charge is 0.308 e. The van der Waals surface area contributed by atoms with Crippen molar-refractivity contribution in [1.29, 1.82) is 0 Å². The Hall–Kier alpha value is -0.520. The molecule has 0 aliphatic rings. The van der Waals surface area contributed by atoms with Crippen molar-refractivity contribution in [3.05, 3.63) is 12.2 Å². The van der Waals surface area contributed by atoms with Gasteiger partial charge in [0, 0.05) is 6.42 Å². The Balaban J connectivity index is 3.30. The summed E-state index contributed by atoms with van der Waals surface area (Å²) in [5.41, 5.74) is 5.23. The van der Waals surface area contributed by atoms with Crippen molar-refractivity contribution in [2.75, 3.05) is 6.54 Å². The first kappa shape index (κ1) is 24.5. The van der Waals surface area contributed by atoms with Crippen LogP contribution in [-0.2, 0) is 9.53 Å². The molecule has 3 N–H and O–H groups in total. The number of hydrogen-bond donors (Lipinski definition) is 3. The second kappa shape index (κ2) is 16.9. The van der Waals surface area contributed by atoms with Crippen molar-refractivity contribution in [2.45, 2.75) is 102 Å². The van der Waals surface area contributed by atoms with E-state index < -0.39 is 11.1 Å². The van der Waals surface area contributed by atoms with Crippen molar-refractivity contribution < 1.29 is 14.6 Å². The van der Waals surface area contributed by atoms with E-state index in [0.29, 0.717) is 6.42 Å². The normalized spacial score (nSPS) is 13.9. The zero-order valence-electron chi connectivity index (χ0n) is 16.0. The second-order valence-corrected chi connectivity index (χ2v) is 7.45. The minimum Gasteiger partial charge on any atom is -0.422 e. The average Bonchev–Trinajstić information content (AvgIpc) is 2.58. The van der Waals surface area contributed by atoms with Crippen LogP contribution in [0.1, 0.15) is 96.8 Å². The molecule has 0 radical (unpaired) electrons. The molecule has 0 aromatic heterocycles. The monoisotopic (exact) mass is 373 g/mol. The molecule has 0 spiro atoms. The van der Waals surface area contributed by atoms with E-state index >= 15 is 0 Å².